The normalized spacial score (nSPS) is 35.4. The summed E-state index contributed by atoms with van der Waals surface area (Å²) in [5.41, 5.74) is -0.848. The Labute approximate surface area is 157 Å². The van der Waals surface area contributed by atoms with Gasteiger partial charge in [-0.2, -0.15) is 18.2 Å². The number of hydrogen-bond acceptors (Lipinski definition) is 5. The summed E-state index contributed by atoms with van der Waals surface area (Å²) in [6, 6.07) is 1.26. The zero-order valence-electron chi connectivity index (χ0n) is 16.0. The van der Waals surface area contributed by atoms with Gasteiger partial charge in [-0.3, -0.25) is 0 Å². The van der Waals surface area contributed by atoms with Gasteiger partial charge in [-0.25, -0.2) is 4.98 Å². The number of rotatable bonds is 4. The molecule has 1 aromatic heterocycles. The van der Waals surface area contributed by atoms with Crippen molar-refractivity contribution < 1.29 is 17.9 Å². The third kappa shape index (κ3) is 2.67. The first-order valence-corrected chi connectivity index (χ1v) is 9.27. The van der Waals surface area contributed by atoms with Crippen LogP contribution >= 0.6 is 0 Å². The molecule has 0 amide bonds. The Morgan fingerprint density at radius 2 is 1.89 bits per heavy atom. The van der Waals surface area contributed by atoms with Crippen molar-refractivity contribution >= 4 is 11.8 Å². The number of allylic oxidation sites excluding steroid dienone is 1. The summed E-state index contributed by atoms with van der Waals surface area (Å²) in [6.45, 7) is 8.38. The summed E-state index contributed by atoms with van der Waals surface area (Å²) in [4.78, 5) is 12.1. The average molecular weight is 382 g/mol. The lowest BCUT2D eigenvalue weighted by atomic mass is 10.0. The van der Waals surface area contributed by atoms with Gasteiger partial charge in [-0.15, -0.1) is 0 Å². The fourth-order valence-electron chi connectivity index (χ4n) is 4.82. The van der Waals surface area contributed by atoms with E-state index < -0.39 is 11.9 Å². The Balaban J connectivity index is 1.63. The van der Waals surface area contributed by atoms with Gasteiger partial charge in [0.05, 0.1) is 13.4 Å². The molecule has 4 atom stereocenters. The quantitative estimate of drug-likeness (QED) is 0.743. The Hall–Kier alpha value is -1.99. The summed E-state index contributed by atoms with van der Waals surface area (Å²) >= 11 is 0. The van der Waals surface area contributed by atoms with E-state index in [0.717, 1.165) is 12.5 Å². The molecule has 1 aliphatic carbocycles. The molecule has 0 aromatic carbocycles. The van der Waals surface area contributed by atoms with Gasteiger partial charge in [0.25, 0.3) is 0 Å². The lowest BCUT2D eigenvalue weighted by molar-refractivity contribution is -0.141. The molecule has 3 heterocycles. The van der Waals surface area contributed by atoms with Gasteiger partial charge in [-0.1, -0.05) is 13.8 Å². The van der Waals surface area contributed by atoms with Crippen LogP contribution in [0.4, 0.5) is 24.9 Å². The second-order valence-corrected chi connectivity index (χ2v) is 8.47. The smallest absolute Gasteiger partial charge is 0.433 e. The van der Waals surface area contributed by atoms with Crippen LogP contribution in [0.25, 0.3) is 0 Å². The second-order valence-electron chi connectivity index (χ2n) is 8.47. The molecule has 3 aliphatic rings. The Bertz CT molecular complexity index is 765. The lowest BCUT2D eigenvalue weighted by Crippen LogP contribution is -2.47. The van der Waals surface area contributed by atoms with Crippen molar-refractivity contribution in [3.05, 3.63) is 24.1 Å². The zero-order valence-corrected chi connectivity index (χ0v) is 16.0. The van der Waals surface area contributed by atoms with Crippen LogP contribution in [0, 0.1) is 16.7 Å². The van der Waals surface area contributed by atoms with E-state index in [9.17, 15) is 13.2 Å². The molecule has 8 heteroatoms. The van der Waals surface area contributed by atoms with E-state index in [1.165, 1.54) is 0 Å². The molecule has 0 N–H and O–H groups in total. The lowest BCUT2D eigenvalue weighted by Gasteiger charge is -2.39. The van der Waals surface area contributed by atoms with E-state index in [1.807, 2.05) is 16.7 Å². The minimum Gasteiger partial charge on any atom is -0.505 e. The van der Waals surface area contributed by atoms with Crippen molar-refractivity contribution in [1.29, 1.82) is 0 Å². The maximum atomic E-state index is 13.4. The van der Waals surface area contributed by atoms with Gasteiger partial charge in [-0.05, 0) is 36.2 Å². The summed E-state index contributed by atoms with van der Waals surface area (Å²) < 4.78 is 45.3. The molecule has 2 saturated heterocycles. The summed E-state index contributed by atoms with van der Waals surface area (Å²) in [5.74, 6) is 0.917. The number of ether oxygens (including phenoxy) is 1. The fraction of sp³-hybridized carbons (Fsp3) is 0.684. The van der Waals surface area contributed by atoms with E-state index in [1.54, 1.807) is 13.4 Å². The predicted octanol–water partition coefficient (Wildman–Crippen LogP) is 3.72. The molecule has 3 fully saturated rings. The summed E-state index contributed by atoms with van der Waals surface area (Å²) in [7, 11) is 1.61. The molecule has 0 bridgehead atoms. The van der Waals surface area contributed by atoms with Crippen LogP contribution in [0.2, 0.25) is 0 Å². The first-order chi connectivity index (χ1) is 12.6. The maximum absolute atomic E-state index is 13.4. The minimum atomic E-state index is -4.49. The molecule has 27 heavy (non-hydrogen) atoms. The number of nitrogens with zero attached hydrogens (tertiary/aromatic N) is 4. The Morgan fingerprint density at radius 1 is 1.22 bits per heavy atom. The molecule has 2 aliphatic heterocycles. The van der Waals surface area contributed by atoms with Crippen LogP contribution in [-0.2, 0) is 10.9 Å². The summed E-state index contributed by atoms with van der Waals surface area (Å²) in [6.07, 6.45) is 0.217. The predicted molar refractivity (Wildman–Crippen MR) is 96.5 cm³/mol. The number of halogens is 3. The molecular weight excluding hydrogens is 357 g/mol. The number of hydrogen-bond donors (Lipinski definition) is 0. The fourth-order valence-corrected chi connectivity index (χ4v) is 4.82. The standard InChI is InChI=1S/C19H25F3N4O/c1-12-5-7-26(12)16-23-14(19(20,21)22)9-15(24-16)25-10-17(2)13(6-8-27-4)18(17,3)11-25/h6,8-9,12-13H,5,7,10-11H2,1-4H3/b8-6+/t12-,13?,17-,18+/m0/s1. The molecule has 4 rings (SSSR count). The van der Waals surface area contributed by atoms with Gasteiger partial charge in [0.2, 0.25) is 5.95 Å². The van der Waals surface area contributed by atoms with Crippen LogP contribution in [0.3, 0.4) is 0 Å². The third-order valence-corrected chi connectivity index (χ3v) is 6.93. The van der Waals surface area contributed by atoms with Crippen LogP contribution in [0.5, 0.6) is 0 Å². The van der Waals surface area contributed by atoms with E-state index in [-0.39, 0.29) is 22.8 Å². The average Bonchev–Trinajstić information content (AvgIpc) is 2.86. The SMILES string of the molecule is CO/C=C/C1[C@]2(C)CN(c3cc(C(F)(F)F)nc(N4CC[C@@H]4C)n3)C[C@]12C. The van der Waals surface area contributed by atoms with E-state index >= 15 is 0 Å². The van der Waals surface area contributed by atoms with Gasteiger partial charge >= 0.3 is 6.18 Å². The van der Waals surface area contributed by atoms with E-state index in [2.05, 4.69) is 29.9 Å². The van der Waals surface area contributed by atoms with Gasteiger partial charge in [0.15, 0.2) is 5.69 Å². The first-order valence-electron chi connectivity index (χ1n) is 9.27. The number of piperidine rings is 1. The second kappa shape index (κ2) is 5.75. The highest BCUT2D eigenvalue weighted by molar-refractivity contribution is 5.52. The van der Waals surface area contributed by atoms with Gasteiger partial charge < -0.3 is 14.5 Å². The largest absolute Gasteiger partial charge is 0.505 e. The molecule has 1 unspecified atom stereocenters. The molecule has 148 valence electrons. The van der Waals surface area contributed by atoms with Crippen LogP contribution < -0.4 is 9.80 Å². The molecule has 1 saturated carbocycles. The number of anilines is 2. The van der Waals surface area contributed by atoms with Crippen molar-refractivity contribution in [1.82, 2.24) is 9.97 Å². The van der Waals surface area contributed by atoms with E-state index in [4.69, 9.17) is 4.74 Å². The summed E-state index contributed by atoms with van der Waals surface area (Å²) in [5, 5.41) is 0. The molecule has 0 spiro atoms. The highest BCUT2D eigenvalue weighted by atomic mass is 19.4. The molecule has 5 nitrogen and oxygen atoms in total. The molecule has 0 radical (unpaired) electrons. The topological polar surface area (TPSA) is 41.5 Å². The monoisotopic (exact) mass is 382 g/mol. The van der Waals surface area contributed by atoms with Crippen LogP contribution in [-0.4, -0.2) is 42.8 Å². The number of methoxy groups -OCH3 is 1. The van der Waals surface area contributed by atoms with Gasteiger partial charge in [0, 0.05) is 31.7 Å². The highest BCUT2D eigenvalue weighted by Crippen LogP contribution is 2.73. The molecule has 1 aromatic rings. The first kappa shape index (κ1) is 18.4. The number of fused-ring (bicyclic) bond motifs is 1. The van der Waals surface area contributed by atoms with Crippen molar-refractivity contribution in [3.8, 4) is 0 Å². The Kier molecular flexibility index (Phi) is 3.92. The Morgan fingerprint density at radius 3 is 2.37 bits per heavy atom. The van der Waals surface area contributed by atoms with Crippen molar-refractivity contribution in [3.63, 3.8) is 0 Å². The molecular formula is C19H25F3N4O. The van der Waals surface area contributed by atoms with Crippen LogP contribution in [0.15, 0.2) is 18.4 Å². The van der Waals surface area contributed by atoms with Crippen LogP contribution in [0.1, 0.15) is 32.9 Å². The number of alkyl halides is 3. The van der Waals surface area contributed by atoms with Crippen molar-refractivity contribution in [2.45, 2.75) is 39.4 Å². The minimum absolute atomic E-state index is 0.00951. The highest BCUT2D eigenvalue weighted by Gasteiger charge is 2.74. The van der Waals surface area contributed by atoms with Crippen molar-refractivity contribution in [2.24, 2.45) is 16.7 Å². The number of aromatic nitrogens is 2. The maximum Gasteiger partial charge on any atom is 0.433 e. The zero-order chi connectivity index (χ0) is 19.6. The van der Waals surface area contributed by atoms with Crippen molar-refractivity contribution in [2.75, 3.05) is 36.5 Å². The van der Waals surface area contributed by atoms with Gasteiger partial charge in [0.1, 0.15) is 5.82 Å². The van der Waals surface area contributed by atoms with E-state index in [0.29, 0.717) is 31.4 Å². The third-order valence-electron chi connectivity index (χ3n) is 6.93.